The molecule has 2 aromatic rings. The molecule has 3 rings (SSSR count). The predicted molar refractivity (Wildman–Crippen MR) is 108 cm³/mol. The van der Waals surface area contributed by atoms with Crippen LogP contribution in [0.1, 0.15) is 69.1 Å². The molecule has 3 heterocycles. The van der Waals surface area contributed by atoms with Crippen LogP contribution in [0.4, 0.5) is 0 Å². The number of nitrogens with one attached hydrogen (secondary N) is 1. The van der Waals surface area contributed by atoms with Crippen molar-refractivity contribution in [2.24, 2.45) is 0 Å². The van der Waals surface area contributed by atoms with E-state index in [1.165, 1.54) is 0 Å². The predicted octanol–water partition coefficient (Wildman–Crippen LogP) is 2.53. The summed E-state index contributed by atoms with van der Waals surface area (Å²) >= 11 is 0. The van der Waals surface area contributed by atoms with Crippen molar-refractivity contribution in [3.63, 3.8) is 0 Å². The average molecular weight is 386 g/mol. The van der Waals surface area contributed by atoms with E-state index in [1.807, 2.05) is 50.1 Å². The number of aryl methyl sites for hydroxylation is 2. The van der Waals surface area contributed by atoms with Gasteiger partial charge in [-0.25, -0.2) is 9.50 Å². The molecule has 1 atom stereocenters. The largest absolute Gasteiger partial charge is 0.351 e. The lowest BCUT2D eigenvalue weighted by molar-refractivity contribution is -0.127. The number of carbonyl (C=O) groups excluding carboxylic acids is 2. The van der Waals surface area contributed by atoms with Crippen molar-refractivity contribution < 1.29 is 9.59 Å². The van der Waals surface area contributed by atoms with E-state index in [0.717, 1.165) is 47.8 Å². The van der Waals surface area contributed by atoms with Crippen LogP contribution in [0.25, 0.3) is 5.65 Å². The molecule has 0 saturated carbocycles. The van der Waals surface area contributed by atoms with E-state index in [0.29, 0.717) is 12.8 Å². The molecular weight excluding hydrogens is 354 g/mol. The fourth-order valence-corrected chi connectivity index (χ4v) is 3.91. The minimum absolute atomic E-state index is 0.0443. The third-order valence-electron chi connectivity index (χ3n) is 5.35. The smallest absolute Gasteiger partial charge is 0.220 e. The fraction of sp³-hybridized carbons (Fsp3) is 0.619. The van der Waals surface area contributed by atoms with Gasteiger partial charge in [0.2, 0.25) is 11.8 Å². The lowest BCUT2D eigenvalue weighted by Gasteiger charge is -2.20. The molecule has 1 unspecified atom stereocenters. The quantitative estimate of drug-likeness (QED) is 0.877. The van der Waals surface area contributed by atoms with Crippen LogP contribution in [-0.4, -0.2) is 49.9 Å². The number of nitrogens with zero attached hydrogens (tertiary/aromatic N) is 4. The average Bonchev–Trinajstić information content (AvgIpc) is 3.19. The Morgan fingerprint density at radius 2 is 2.00 bits per heavy atom. The van der Waals surface area contributed by atoms with E-state index in [1.54, 1.807) is 6.92 Å². The van der Waals surface area contributed by atoms with Gasteiger partial charge in [0, 0.05) is 55.3 Å². The molecule has 1 aliphatic rings. The molecule has 28 heavy (non-hydrogen) atoms. The van der Waals surface area contributed by atoms with E-state index < -0.39 is 0 Å². The van der Waals surface area contributed by atoms with Gasteiger partial charge in [0.1, 0.15) is 0 Å². The summed E-state index contributed by atoms with van der Waals surface area (Å²) in [6, 6.07) is 2.03. The molecule has 7 heteroatoms. The van der Waals surface area contributed by atoms with Gasteiger partial charge in [0.25, 0.3) is 0 Å². The molecule has 7 nitrogen and oxygen atoms in total. The molecule has 1 fully saturated rings. The first-order valence-electron chi connectivity index (χ1n) is 9.97. The van der Waals surface area contributed by atoms with Crippen LogP contribution >= 0.6 is 0 Å². The fourth-order valence-electron chi connectivity index (χ4n) is 3.91. The Balaban J connectivity index is 1.80. The van der Waals surface area contributed by atoms with Gasteiger partial charge in [-0.2, -0.15) is 5.10 Å². The molecule has 2 aromatic heterocycles. The molecule has 0 spiro atoms. The zero-order chi connectivity index (χ0) is 20.6. The number of aromatic nitrogens is 3. The summed E-state index contributed by atoms with van der Waals surface area (Å²) in [7, 11) is 0. The SMILES string of the molecule is CC(=O)N1CCC(c2cc3nc(C)c(CCC(=O)NC(C)(C)C)c(C)n3n2)C1. The second kappa shape index (κ2) is 7.53. The van der Waals surface area contributed by atoms with Crippen molar-refractivity contribution in [3.8, 4) is 0 Å². The Hall–Kier alpha value is -2.44. The highest BCUT2D eigenvalue weighted by Gasteiger charge is 2.28. The molecule has 1 aliphatic heterocycles. The lowest BCUT2D eigenvalue weighted by atomic mass is 10.0. The van der Waals surface area contributed by atoms with Crippen LogP contribution in [-0.2, 0) is 16.0 Å². The van der Waals surface area contributed by atoms with Gasteiger partial charge in [0.05, 0.1) is 5.69 Å². The molecular formula is C21H31N5O2. The molecule has 0 aliphatic carbocycles. The first-order chi connectivity index (χ1) is 13.0. The van der Waals surface area contributed by atoms with Gasteiger partial charge < -0.3 is 10.2 Å². The third-order valence-corrected chi connectivity index (χ3v) is 5.35. The lowest BCUT2D eigenvalue weighted by Crippen LogP contribution is -2.40. The van der Waals surface area contributed by atoms with Gasteiger partial charge in [-0.15, -0.1) is 0 Å². The summed E-state index contributed by atoms with van der Waals surface area (Å²) in [6.07, 6.45) is 2.00. The highest BCUT2D eigenvalue weighted by molar-refractivity contribution is 5.77. The summed E-state index contributed by atoms with van der Waals surface area (Å²) in [5.74, 6) is 0.418. The van der Waals surface area contributed by atoms with Crippen molar-refractivity contribution in [2.45, 2.75) is 72.3 Å². The van der Waals surface area contributed by atoms with Crippen LogP contribution < -0.4 is 5.32 Å². The van der Waals surface area contributed by atoms with Gasteiger partial charge in [-0.1, -0.05) is 0 Å². The summed E-state index contributed by atoms with van der Waals surface area (Å²) in [5.41, 5.74) is 4.63. The molecule has 152 valence electrons. The van der Waals surface area contributed by atoms with Crippen molar-refractivity contribution in [2.75, 3.05) is 13.1 Å². The maximum atomic E-state index is 12.2. The molecule has 0 bridgehead atoms. The first kappa shape index (κ1) is 20.3. The number of fused-ring (bicyclic) bond motifs is 1. The molecule has 0 aromatic carbocycles. The van der Waals surface area contributed by atoms with Crippen LogP contribution in [0.5, 0.6) is 0 Å². The second-order valence-corrected chi connectivity index (χ2v) is 8.85. The Morgan fingerprint density at radius 3 is 2.61 bits per heavy atom. The summed E-state index contributed by atoms with van der Waals surface area (Å²) < 4.78 is 1.88. The van der Waals surface area contributed by atoms with E-state index in [2.05, 4.69) is 5.32 Å². The molecule has 1 N–H and O–H groups in total. The monoisotopic (exact) mass is 385 g/mol. The van der Waals surface area contributed by atoms with Crippen molar-refractivity contribution in [1.82, 2.24) is 24.8 Å². The van der Waals surface area contributed by atoms with Crippen molar-refractivity contribution in [1.29, 1.82) is 0 Å². The topological polar surface area (TPSA) is 79.6 Å². The van der Waals surface area contributed by atoms with E-state index in [9.17, 15) is 9.59 Å². The van der Waals surface area contributed by atoms with Crippen LogP contribution in [0, 0.1) is 13.8 Å². The normalized spacial score (nSPS) is 17.4. The highest BCUT2D eigenvalue weighted by atomic mass is 16.2. The van der Waals surface area contributed by atoms with Gasteiger partial charge in [0.15, 0.2) is 5.65 Å². The number of hydrogen-bond donors (Lipinski definition) is 1. The Kier molecular flexibility index (Phi) is 5.46. The number of hydrogen-bond acceptors (Lipinski definition) is 4. The number of amides is 2. The van der Waals surface area contributed by atoms with E-state index in [-0.39, 0.29) is 23.3 Å². The summed E-state index contributed by atoms with van der Waals surface area (Å²) in [6.45, 7) is 13.1. The van der Waals surface area contributed by atoms with Crippen molar-refractivity contribution in [3.05, 3.63) is 28.7 Å². The van der Waals surface area contributed by atoms with Gasteiger partial charge in [-0.05, 0) is 53.0 Å². The Morgan fingerprint density at radius 1 is 1.29 bits per heavy atom. The Bertz CT molecular complexity index is 910. The first-order valence-corrected chi connectivity index (χ1v) is 9.97. The maximum Gasteiger partial charge on any atom is 0.220 e. The zero-order valence-electron chi connectivity index (χ0n) is 17.8. The third kappa shape index (κ3) is 4.34. The zero-order valence-corrected chi connectivity index (χ0v) is 17.8. The van der Waals surface area contributed by atoms with Crippen LogP contribution in [0.15, 0.2) is 6.07 Å². The van der Waals surface area contributed by atoms with Crippen molar-refractivity contribution >= 4 is 17.5 Å². The van der Waals surface area contributed by atoms with Crippen LogP contribution in [0.3, 0.4) is 0 Å². The van der Waals surface area contributed by atoms with Gasteiger partial charge in [-0.3, -0.25) is 9.59 Å². The maximum absolute atomic E-state index is 12.2. The number of rotatable bonds is 4. The highest BCUT2D eigenvalue weighted by Crippen LogP contribution is 2.28. The van der Waals surface area contributed by atoms with Gasteiger partial charge >= 0.3 is 0 Å². The molecule has 1 saturated heterocycles. The standard InChI is InChI=1S/C21H31N5O2/c1-13-17(7-8-20(28)23-21(4,5)6)14(2)26-19(22-13)11-18(24-26)16-9-10-25(12-16)15(3)27/h11,16H,7-10,12H2,1-6H3,(H,23,28). The Labute approximate surface area is 166 Å². The molecule has 2 amide bonds. The minimum Gasteiger partial charge on any atom is -0.351 e. The summed E-state index contributed by atoms with van der Waals surface area (Å²) in [5, 5.41) is 7.80. The second-order valence-electron chi connectivity index (χ2n) is 8.85. The van der Waals surface area contributed by atoms with E-state index >= 15 is 0 Å². The minimum atomic E-state index is -0.227. The van der Waals surface area contributed by atoms with E-state index in [4.69, 9.17) is 10.1 Å². The molecule has 0 radical (unpaired) electrons. The summed E-state index contributed by atoms with van der Waals surface area (Å²) in [4.78, 5) is 30.4. The van der Waals surface area contributed by atoms with Crippen LogP contribution in [0.2, 0.25) is 0 Å². The number of carbonyl (C=O) groups is 2. The number of likely N-dealkylation sites (tertiary alicyclic amines) is 1.